The van der Waals surface area contributed by atoms with Crippen LogP contribution in [0.25, 0.3) is 0 Å². The van der Waals surface area contributed by atoms with Crippen molar-refractivity contribution in [1.29, 1.82) is 0 Å². The number of nitrogens with one attached hydrogen (secondary N) is 1. The zero-order valence-corrected chi connectivity index (χ0v) is 22.3. The van der Waals surface area contributed by atoms with Gasteiger partial charge in [-0.2, -0.15) is 13.2 Å². The third-order valence-electron chi connectivity index (χ3n) is 5.09. The summed E-state index contributed by atoms with van der Waals surface area (Å²) >= 11 is 12.2. The molecule has 0 aliphatic rings. The van der Waals surface area contributed by atoms with Gasteiger partial charge in [-0.3, -0.25) is 13.9 Å². The minimum Gasteiger partial charge on any atom is -0.352 e. The minimum atomic E-state index is -4.72. The van der Waals surface area contributed by atoms with E-state index in [-0.39, 0.29) is 23.3 Å². The maximum absolute atomic E-state index is 13.4. The molecule has 1 atom stereocenters. The number of carbonyl (C=O) groups is 2. The molecule has 0 radical (unpaired) electrons. The summed E-state index contributed by atoms with van der Waals surface area (Å²) in [6.07, 6.45) is -3.94. The topological polar surface area (TPSA) is 86.8 Å². The highest BCUT2D eigenvalue weighted by Gasteiger charge is 2.33. The molecule has 1 N–H and O–H groups in total. The van der Waals surface area contributed by atoms with Crippen molar-refractivity contribution >= 4 is 50.7 Å². The Morgan fingerprint density at radius 2 is 1.69 bits per heavy atom. The second-order valence-corrected chi connectivity index (χ2v) is 11.2. The number of carbonyl (C=O) groups excluding carboxylic acids is 2. The van der Waals surface area contributed by atoms with Crippen LogP contribution in [0.1, 0.15) is 31.9 Å². The van der Waals surface area contributed by atoms with E-state index in [4.69, 9.17) is 23.2 Å². The monoisotopic (exact) mass is 567 g/mol. The summed E-state index contributed by atoms with van der Waals surface area (Å²) in [5.41, 5.74) is -0.983. The van der Waals surface area contributed by atoms with E-state index in [1.165, 1.54) is 19.1 Å². The molecule has 2 aromatic carbocycles. The van der Waals surface area contributed by atoms with E-state index >= 15 is 0 Å². The van der Waals surface area contributed by atoms with E-state index in [0.717, 1.165) is 29.4 Å². The van der Waals surface area contributed by atoms with E-state index in [1.807, 2.05) is 0 Å². The molecule has 0 bridgehead atoms. The second-order valence-electron chi connectivity index (χ2n) is 8.41. The molecule has 0 aliphatic heterocycles. The van der Waals surface area contributed by atoms with Gasteiger partial charge in [0.25, 0.3) is 0 Å². The predicted molar refractivity (Wildman–Crippen MR) is 133 cm³/mol. The summed E-state index contributed by atoms with van der Waals surface area (Å²) in [5, 5.41) is 3.25. The van der Waals surface area contributed by atoms with Gasteiger partial charge in [0.15, 0.2) is 0 Å². The summed E-state index contributed by atoms with van der Waals surface area (Å²) in [4.78, 5) is 27.2. The van der Waals surface area contributed by atoms with Gasteiger partial charge in [0.2, 0.25) is 21.8 Å². The fraction of sp³-hybridized carbons (Fsp3) is 0.391. The Bertz CT molecular complexity index is 1220. The Labute approximate surface area is 218 Å². The highest BCUT2D eigenvalue weighted by atomic mass is 35.5. The highest BCUT2D eigenvalue weighted by Crippen LogP contribution is 2.32. The summed E-state index contributed by atoms with van der Waals surface area (Å²) in [6.45, 7) is 3.89. The molecule has 7 nitrogen and oxygen atoms in total. The van der Waals surface area contributed by atoms with Gasteiger partial charge in [-0.15, -0.1) is 0 Å². The van der Waals surface area contributed by atoms with Crippen LogP contribution >= 0.6 is 23.2 Å². The van der Waals surface area contributed by atoms with Crippen LogP contribution in [0.15, 0.2) is 42.5 Å². The van der Waals surface area contributed by atoms with Crippen LogP contribution in [0.5, 0.6) is 0 Å². The van der Waals surface area contributed by atoms with Gasteiger partial charge in [-0.25, -0.2) is 8.42 Å². The first-order valence-electron chi connectivity index (χ1n) is 10.7. The molecule has 198 valence electrons. The molecule has 0 heterocycles. The molecule has 0 saturated heterocycles. The lowest BCUT2D eigenvalue weighted by Crippen LogP contribution is -2.52. The maximum Gasteiger partial charge on any atom is 0.416 e. The molecule has 0 saturated carbocycles. The van der Waals surface area contributed by atoms with E-state index in [0.29, 0.717) is 21.0 Å². The van der Waals surface area contributed by atoms with Crippen LogP contribution in [0, 0.1) is 0 Å². The van der Waals surface area contributed by atoms with Gasteiger partial charge >= 0.3 is 6.18 Å². The number of hydrogen-bond donors (Lipinski definition) is 1. The zero-order chi connectivity index (χ0) is 27.4. The molecule has 0 unspecified atom stereocenters. The van der Waals surface area contributed by atoms with Gasteiger partial charge in [-0.1, -0.05) is 35.3 Å². The van der Waals surface area contributed by atoms with Gasteiger partial charge in [-0.05, 0) is 56.7 Å². The number of anilines is 1. The average Bonchev–Trinajstić information content (AvgIpc) is 2.74. The standard InChI is InChI=1S/C23H26Cl2F3N3O4S/c1-14(2)29-22(33)15(3)30(12-16-8-9-18(24)11-20(16)25)21(32)13-31(36(4,34)35)19-7-5-6-17(10-19)23(26,27)28/h5-11,14-15H,12-13H2,1-4H3,(H,29,33)/t15-/m1/s1. The van der Waals surface area contributed by atoms with Crippen LogP contribution < -0.4 is 9.62 Å². The zero-order valence-electron chi connectivity index (χ0n) is 19.9. The molecule has 2 rings (SSSR count). The molecule has 0 spiro atoms. The lowest BCUT2D eigenvalue weighted by Gasteiger charge is -2.32. The number of sulfonamides is 1. The summed E-state index contributed by atoms with van der Waals surface area (Å²) in [6, 6.07) is 6.87. The lowest BCUT2D eigenvalue weighted by atomic mass is 10.1. The van der Waals surface area contributed by atoms with E-state index in [9.17, 15) is 31.2 Å². The van der Waals surface area contributed by atoms with Crippen molar-refractivity contribution in [3.8, 4) is 0 Å². The second kappa shape index (κ2) is 11.7. The van der Waals surface area contributed by atoms with Crippen LogP contribution in [0.3, 0.4) is 0 Å². The van der Waals surface area contributed by atoms with E-state index in [2.05, 4.69) is 5.32 Å². The molecule has 0 aliphatic carbocycles. The third kappa shape index (κ3) is 8.01. The summed E-state index contributed by atoms with van der Waals surface area (Å²) in [5.74, 6) is -1.33. The van der Waals surface area contributed by atoms with Crippen molar-refractivity contribution < 1.29 is 31.2 Å². The molecule has 0 fully saturated rings. The fourth-order valence-electron chi connectivity index (χ4n) is 3.27. The van der Waals surface area contributed by atoms with Crippen LogP contribution in [-0.4, -0.2) is 50.0 Å². The summed E-state index contributed by atoms with van der Waals surface area (Å²) in [7, 11) is -4.19. The molecule has 2 amide bonds. The van der Waals surface area contributed by atoms with Crippen molar-refractivity contribution in [2.24, 2.45) is 0 Å². The average molecular weight is 568 g/mol. The number of amides is 2. The quantitative estimate of drug-likeness (QED) is 0.475. The van der Waals surface area contributed by atoms with Crippen LogP contribution in [0.2, 0.25) is 10.0 Å². The number of nitrogens with zero attached hydrogens (tertiary/aromatic N) is 2. The van der Waals surface area contributed by atoms with Gasteiger partial charge in [0, 0.05) is 22.6 Å². The number of halogens is 5. The van der Waals surface area contributed by atoms with Crippen molar-refractivity contribution in [3.63, 3.8) is 0 Å². The number of benzene rings is 2. The number of rotatable bonds is 9. The Morgan fingerprint density at radius 1 is 1.06 bits per heavy atom. The van der Waals surface area contributed by atoms with Crippen molar-refractivity contribution in [2.75, 3.05) is 17.1 Å². The summed E-state index contributed by atoms with van der Waals surface area (Å²) < 4.78 is 65.2. The van der Waals surface area contributed by atoms with Gasteiger partial charge in [0.05, 0.1) is 17.5 Å². The first kappa shape index (κ1) is 29.7. The molecular formula is C23H26Cl2F3N3O4S. The Kier molecular flexibility index (Phi) is 9.66. The third-order valence-corrected chi connectivity index (χ3v) is 6.82. The molecule has 36 heavy (non-hydrogen) atoms. The van der Waals surface area contributed by atoms with Crippen LogP contribution in [0.4, 0.5) is 18.9 Å². The van der Waals surface area contributed by atoms with E-state index in [1.54, 1.807) is 19.9 Å². The molecule has 13 heteroatoms. The minimum absolute atomic E-state index is 0.179. The van der Waals surface area contributed by atoms with Crippen molar-refractivity contribution in [3.05, 3.63) is 63.6 Å². The fourth-order valence-corrected chi connectivity index (χ4v) is 4.58. The lowest BCUT2D eigenvalue weighted by molar-refractivity contribution is -0.139. The number of hydrogen-bond acceptors (Lipinski definition) is 4. The number of alkyl halides is 3. The first-order valence-corrected chi connectivity index (χ1v) is 13.3. The largest absolute Gasteiger partial charge is 0.416 e. The normalized spacial score (nSPS) is 12.8. The predicted octanol–water partition coefficient (Wildman–Crippen LogP) is 4.72. The Morgan fingerprint density at radius 3 is 2.22 bits per heavy atom. The SMILES string of the molecule is CC(C)NC(=O)[C@@H](C)N(Cc1ccc(Cl)cc1Cl)C(=O)CN(c1cccc(C(F)(F)F)c1)S(C)(=O)=O. The molecular weight excluding hydrogens is 542 g/mol. The van der Waals surface area contributed by atoms with E-state index < -0.39 is 46.2 Å². The van der Waals surface area contributed by atoms with Crippen molar-refractivity contribution in [2.45, 2.75) is 45.6 Å². The maximum atomic E-state index is 13.4. The van der Waals surface area contributed by atoms with Crippen molar-refractivity contribution in [1.82, 2.24) is 10.2 Å². The smallest absolute Gasteiger partial charge is 0.352 e. The van der Waals surface area contributed by atoms with Crippen LogP contribution in [-0.2, 0) is 32.3 Å². The Hall–Kier alpha value is -2.50. The van der Waals surface area contributed by atoms with Gasteiger partial charge in [0.1, 0.15) is 12.6 Å². The van der Waals surface area contributed by atoms with Gasteiger partial charge < -0.3 is 10.2 Å². The molecule has 0 aromatic heterocycles. The first-order chi connectivity index (χ1) is 16.5. The molecule has 2 aromatic rings. The Balaban J connectivity index is 2.48. The highest BCUT2D eigenvalue weighted by molar-refractivity contribution is 7.92.